The number of rotatable bonds is 5. The first kappa shape index (κ1) is 14.2. The molecule has 4 N–H and O–H groups in total. The number of carbonyl (C=O) groups excluding carboxylic acids is 1. The maximum absolute atomic E-state index is 11.3. The molecule has 0 spiro atoms. The maximum atomic E-state index is 11.3. The molecule has 1 amide bonds. The number of hydrogen-bond acceptors (Lipinski definition) is 4. The number of carbonyl (C=O) groups is 1. The summed E-state index contributed by atoms with van der Waals surface area (Å²) in [5, 5.41) is 8.31. The van der Waals surface area contributed by atoms with E-state index >= 15 is 0 Å². The first-order valence-corrected chi connectivity index (χ1v) is 7.33. The largest absolute Gasteiger partial charge is 0.342 e. The van der Waals surface area contributed by atoms with Gasteiger partial charge in [-0.05, 0) is 5.56 Å². The summed E-state index contributed by atoms with van der Waals surface area (Å²) in [6.07, 6.45) is 0. The van der Waals surface area contributed by atoms with Gasteiger partial charge in [-0.2, -0.15) is 0 Å². The molecule has 0 fully saturated rings. The van der Waals surface area contributed by atoms with Gasteiger partial charge in [0.15, 0.2) is 0 Å². The number of hydrogen-bond donors (Lipinski definition) is 4. The van der Waals surface area contributed by atoms with Crippen molar-refractivity contribution in [3.05, 3.63) is 35.9 Å². The summed E-state index contributed by atoms with van der Waals surface area (Å²) in [7, 11) is -4.36. The van der Waals surface area contributed by atoms with Gasteiger partial charge in [-0.25, -0.2) is 5.48 Å². The molecular weight excluding hydrogens is 265 g/mol. The first-order chi connectivity index (χ1) is 7.95. The summed E-state index contributed by atoms with van der Waals surface area (Å²) in [4.78, 5) is 28.2. The van der Waals surface area contributed by atoms with Gasteiger partial charge < -0.3 is 9.79 Å². The molecular formula is C9H12NO5PS. The van der Waals surface area contributed by atoms with Gasteiger partial charge in [0, 0.05) is 0 Å². The van der Waals surface area contributed by atoms with Crippen LogP contribution in [0.5, 0.6) is 0 Å². The van der Waals surface area contributed by atoms with Crippen LogP contribution >= 0.6 is 19.4 Å². The molecule has 0 aliphatic rings. The Morgan fingerprint density at radius 1 is 1.35 bits per heavy atom. The fraction of sp³-hybridized carbons (Fsp3) is 0.222. The fourth-order valence-corrected chi connectivity index (χ4v) is 3.48. The van der Waals surface area contributed by atoms with Gasteiger partial charge in [-0.15, -0.1) is 11.8 Å². The molecule has 1 aromatic rings. The zero-order valence-electron chi connectivity index (χ0n) is 8.68. The lowest BCUT2D eigenvalue weighted by Crippen LogP contribution is -2.21. The van der Waals surface area contributed by atoms with Gasteiger partial charge in [0.1, 0.15) is 4.99 Å². The lowest BCUT2D eigenvalue weighted by atomic mass is 10.2. The van der Waals surface area contributed by atoms with E-state index in [9.17, 15) is 19.1 Å². The molecule has 1 atom stereocenters. The standard InChI is InChI=1S/C9H12NO5PS/c11-8(10-12)6-17-9(16(13,14)15)7-4-2-1-3-5-7/h1-5,9,12H,6H2,(H,10,11)(H2,13,14,15). The van der Waals surface area contributed by atoms with E-state index in [2.05, 4.69) is 0 Å². The molecule has 0 saturated carbocycles. The molecule has 0 saturated heterocycles. The van der Waals surface area contributed by atoms with Crippen LogP contribution in [0.4, 0.5) is 0 Å². The Hall–Kier alpha value is -0.850. The Morgan fingerprint density at radius 3 is 2.41 bits per heavy atom. The molecule has 1 rings (SSSR count). The van der Waals surface area contributed by atoms with Gasteiger partial charge in [0.2, 0.25) is 0 Å². The van der Waals surface area contributed by atoms with Crippen molar-refractivity contribution in [3.8, 4) is 0 Å². The molecule has 0 heterocycles. The van der Waals surface area contributed by atoms with Crippen molar-refractivity contribution in [1.29, 1.82) is 0 Å². The van der Waals surface area contributed by atoms with Crippen LogP contribution in [0.1, 0.15) is 10.6 Å². The highest BCUT2D eigenvalue weighted by Gasteiger charge is 2.31. The summed E-state index contributed by atoms with van der Waals surface area (Å²) in [5.74, 6) is -0.939. The van der Waals surface area contributed by atoms with Crippen molar-refractivity contribution in [2.24, 2.45) is 0 Å². The van der Waals surface area contributed by atoms with Crippen LogP contribution in [0.25, 0.3) is 0 Å². The van der Waals surface area contributed by atoms with E-state index in [-0.39, 0.29) is 5.75 Å². The Balaban J connectivity index is 2.83. The van der Waals surface area contributed by atoms with E-state index in [1.54, 1.807) is 30.3 Å². The normalized spacial score (nSPS) is 13.1. The molecule has 0 aliphatic heterocycles. The minimum Gasteiger partial charge on any atom is -0.323 e. The van der Waals surface area contributed by atoms with E-state index in [0.717, 1.165) is 11.8 Å². The zero-order valence-corrected chi connectivity index (χ0v) is 10.4. The van der Waals surface area contributed by atoms with E-state index < -0.39 is 18.5 Å². The number of thioether (sulfide) groups is 1. The fourth-order valence-electron chi connectivity index (χ4n) is 1.19. The predicted octanol–water partition coefficient (Wildman–Crippen LogP) is 1.10. The SMILES string of the molecule is O=C(CSC(c1ccccc1)P(=O)(O)O)NO. The molecule has 0 aromatic heterocycles. The Kier molecular flexibility index (Phi) is 5.17. The molecule has 94 valence electrons. The van der Waals surface area contributed by atoms with Gasteiger partial charge in [-0.3, -0.25) is 14.6 Å². The topological polar surface area (TPSA) is 107 Å². The smallest absolute Gasteiger partial charge is 0.323 e. The van der Waals surface area contributed by atoms with E-state index in [1.165, 1.54) is 5.48 Å². The molecule has 0 aliphatic carbocycles. The second-order valence-electron chi connectivity index (χ2n) is 3.20. The lowest BCUT2D eigenvalue weighted by molar-refractivity contribution is -0.126. The van der Waals surface area contributed by atoms with Crippen molar-refractivity contribution in [2.75, 3.05) is 5.75 Å². The van der Waals surface area contributed by atoms with E-state index in [0.29, 0.717) is 5.56 Å². The third-order valence-corrected chi connectivity index (χ3v) is 5.08. The molecule has 0 bridgehead atoms. The summed E-state index contributed by atoms with van der Waals surface area (Å²) < 4.78 is 11.3. The first-order valence-electron chi connectivity index (χ1n) is 4.60. The highest BCUT2D eigenvalue weighted by atomic mass is 32.2. The van der Waals surface area contributed by atoms with Gasteiger partial charge in [0.05, 0.1) is 5.75 Å². The third-order valence-electron chi connectivity index (χ3n) is 1.89. The average molecular weight is 277 g/mol. The second kappa shape index (κ2) is 6.18. The average Bonchev–Trinajstić information content (AvgIpc) is 2.28. The predicted molar refractivity (Wildman–Crippen MR) is 63.6 cm³/mol. The van der Waals surface area contributed by atoms with Crippen LogP contribution in [0.15, 0.2) is 30.3 Å². The molecule has 6 nitrogen and oxygen atoms in total. The minimum atomic E-state index is -4.36. The molecule has 1 aromatic carbocycles. The van der Waals surface area contributed by atoms with Gasteiger partial charge in [0.25, 0.3) is 5.91 Å². The molecule has 0 radical (unpaired) electrons. The lowest BCUT2D eigenvalue weighted by Gasteiger charge is -2.17. The summed E-state index contributed by atoms with van der Waals surface area (Å²) in [6, 6.07) is 8.20. The van der Waals surface area contributed by atoms with Gasteiger partial charge in [-0.1, -0.05) is 30.3 Å². The monoisotopic (exact) mass is 277 g/mol. The minimum absolute atomic E-state index is 0.235. The van der Waals surface area contributed by atoms with E-state index in [1.807, 2.05) is 0 Å². The van der Waals surface area contributed by atoms with Crippen molar-refractivity contribution >= 4 is 25.3 Å². The highest BCUT2D eigenvalue weighted by molar-refractivity contribution is 8.05. The van der Waals surface area contributed by atoms with Crippen molar-refractivity contribution in [1.82, 2.24) is 5.48 Å². The van der Waals surface area contributed by atoms with Crippen LogP contribution in [-0.2, 0) is 9.36 Å². The molecule has 8 heteroatoms. The summed E-state index contributed by atoms with van der Waals surface area (Å²) in [6.45, 7) is 0. The van der Waals surface area contributed by atoms with Crippen LogP contribution < -0.4 is 5.48 Å². The van der Waals surface area contributed by atoms with Crippen LogP contribution in [0.2, 0.25) is 0 Å². The number of nitrogens with one attached hydrogen (secondary N) is 1. The summed E-state index contributed by atoms with van der Waals surface area (Å²) >= 11 is 0.779. The molecule has 1 unspecified atom stereocenters. The Bertz CT molecular complexity index is 421. The molecule has 17 heavy (non-hydrogen) atoms. The van der Waals surface area contributed by atoms with Crippen molar-refractivity contribution < 1.29 is 24.4 Å². The number of benzene rings is 1. The third kappa shape index (κ3) is 4.49. The van der Waals surface area contributed by atoms with E-state index in [4.69, 9.17) is 5.21 Å². The van der Waals surface area contributed by atoms with Crippen molar-refractivity contribution in [3.63, 3.8) is 0 Å². The summed E-state index contributed by atoms with van der Waals surface area (Å²) in [5.41, 5.74) is 1.85. The van der Waals surface area contributed by atoms with Crippen LogP contribution in [0, 0.1) is 0 Å². The zero-order chi connectivity index (χ0) is 12.9. The van der Waals surface area contributed by atoms with Crippen LogP contribution in [-0.4, -0.2) is 26.7 Å². The van der Waals surface area contributed by atoms with Crippen LogP contribution in [0.3, 0.4) is 0 Å². The quantitative estimate of drug-likeness (QED) is 0.365. The van der Waals surface area contributed by atoms with Gasteiger partial charge >= 0.3 is 7.60 Å². The highest BCUT2D eigenvalue weighted by Crippen LogP contribution is 2.57. The number of hydroxylamine groups is 1. The van der Waals surface area contributed by atoms with Crippen molar-refractivity contribution in [2.45, 2.75) is 4.99 Å². The number of amides is 1. The maximum Gasteiger partial charge on any atom is 0.342 e. The Labute approximate surface area is 102 Å². The second-order valence-corrected chi connectivity index (χ2v) is 6.34. The Morgan fingerprint density at radius 2 is 1.94 bits per heavy atom.